The molecule has 88 valence electrons. The van der Waals surface area contributed by atoms with Gasteiger partial charge in [0.15, 0.2) is 0 Å². The minimum atomic E-state index is -0.869. The Kier molecular flexibility index (Phi) is 3.03. The summed E-state index contributed by atoms with van der Waals surface area (Å²) >= 11 is 0. The third-order valence-electron chi connectivity index (χ3n) is 3.57. The van der Waals surface area contributed by atoms with Gasteiger partial charge in [-0.1, -0.05) is 49.4 Å². The van der Waals surface area contributed by atoms with Crippen LogP contribution in [-0.4, -0.2) is 5.11 Å². The molecule has 2 unspecified atom stereocenters. The first-order valence-corrected chi connectivity index (χ1v) is 5.90. The van der Waals surface area contributed by atoms with Crippen molar-refractivity contribution in [2.24, 2.45) is 5.92 Å². The lowest BCUT2D eigenvalue weighted by Gasteiger charge is -2.29. The highest BCUT2D eigenvalue weighted by Gasteiger charge is 2.28. The van der Waals surface area contributed by atoms with Crippen LogP contribution in [0.25, 0.3) is 10.8 Å². The van der Waals surface area contributed by atoms with Gasteiger partial charge in [0, 0.05) is 5.92 Å². The number of rotatable bonds is 3. The fourth-order valence-electron chi connectivity index (χ4n) is 2.00. The van der Waals surface area contributed by atoms with Crippen molar-refractivity contribution in [3.05, 3.63) is 60.7 Å². The number of hydrogen-bond acceptors (Lipinski definition) is 1. The first-order valence-electron chi connectivity index (χ1n) is 5.90. The van der Waals surface area contributed by atoms with Crippen LogP contribution in [0.4, 0.5) is 0 Å². The molecular weight excluding hydrogens is 208 g/mol. The molecule has 2 aromatic rings. The molecule has 0 aliphatic rings. The van der Waals surface area contributed by atoms with Gasteiger partial charge < -0.3 is 5.11 Å². The van der Waals surface area contributed by atoms with E-state index in [1.54, 1.807) is 6.08 Å². The van der Waals surface area contributed by atoms with Gasteiger partial charge in [0.05, 0.1) is 5.60 Å². The average molecular weight is 226 g/mol. The highest BCUT2D eigenvalue weighted by molar-refractivity contribution is 5.83. The number of hydrogen-bond donors (Lipinski definition) is 1. The molecule has 1 heteroatoms. The van der Waals surface area contributed by atoms with Gasteiger partial charge in [-0.3, -0.25) is 0 Å². The van der Waals surface area contributed by atoms with Crippen LogP contribution in [0.5, 0.6) is 0 Å². The Morgan fingerprint density at radius 3 is 2.47 bits per heavy atom. The van der Waals surface area contributed by atoms with Gasteiger partial charge in [-0.2, -0.15) is 0 Å². The van der Waals surface area contributed by atoms with E-state index in [-0.39, 0.29) is 5.92 Å². The molecule has 1 nitrogen and oxygen atoms in total. The van der Waals surface area contributed by atoms with E-state index < -0.39 is 5.60 Å². The quantitative estimate of drug-likeness (QED) is 0.788. The van der Waals surface area contributed by atoms with E-state index in [1.165, 1.54) is 5.39 Å². The highest BCUT2D eigenvalue weighted by Crippen LogP contribution is 2.31. The summed E-state index contributed by atoms with van der Waals surface area (Å²) in [6, 6.07) is 14.3. The van der Waals surface area contributed by atoms with Gasteiger partial charge >= 0.3 is 0 Å². The second kappa shape index (κ2) is 4.34. The van der Waals surface area contributed by atoms with Crippen molar-refractivity contribution in [1.29, 1.82) is 0 Å². The molecule has 2 atom stereocenters. The maximum Gasteiger partial charge on any atom is 0.0928 e. The van der Waals surface area contributed by atoms with Gasteiger partial charge in [-0.05, 0) is 29.3 Å². The van der Waals surface area contributed by atoms with E-state index in [4.69, 9.17) is 0 Å². The Bertz CT molecular complexity index is 540. The molecule has 17 heavy (non-hydrogen) atoms. The third-order valence-corrected chi connectivity index (χ3v) is 3.57. The second-order valence-corrected chi connectivity index (χ2v) is 4.73. The molecule has 0 radical (unpaired) electrons. The predicted molar refractivity (Wildman–Crippen MR) is 72.9 cm³/mol. The minimum absolute atomic E-state index is 0.0173. The lowest BCUT2D eigenvalue weighted by atomic mass is 9.83. The summed E-state index contributed by atoms with van der Waals surface area (Å²) in [7, 11) is 0. The van der Waals surface area contributed by atoms with E-state index >= 15 is 0 Å². The third kappa shape index (κ3) is 2.11. The van der Waals surface area contributed by atoms with E-state index in [9.17, 15) is 5.11 Å². The molecule has 0 bridgehead atoms. The molecule has 1 N–H and O–H groups in total. The second-order valence-electron chi connectivity index (χ2n) is 4.73. The van der Waals surface area contributed by atoms with Crippen LogP contribution in [0.15, 0.2) is 55.1 Å². The predicted octanol–water partition coefficient (Wildman–Crippen LogP) is 3.87. The smallest absolute Gasteiger partial charge is 0.0928 e. The van der Waals surface area contributed by atoms with Gasteiger partial charge in [0.2, 0.25) is 0 Å². The van der Waals surface area contributed by atoms with E-state index in [0.29, 0.717) is 0 Å². The Labute approximate surface area is 102 Å². The molecule has 0 fully saturated rings. The maximum absolute atomic E-state index is 10.5. The Balaban J connectivity index is 2.52. The summed E-state index contributed by atoms with van der Waals surface area (Å²) in [6.07, 6.45) is 1.79. The summed E-state index contributed by atoms with van der Waals surface area (Å²) in [5, 5.41) is 12.9. The molecule has 0 heterocycles. The van der Waals surface area contributed by atoms with Crippen molar-refractivity contribution >= 4 is 10.8 Å². The van der Waals surface area contributed by atoms with Gasteiger partial charge in [0.1, 0.15) is 0 Å². The zero-order valence-corrected chi connectivity index (χ0v) is 10.4. The standard InChI is InChI=1S/C16H18O/c1-4-12(2)16(3,17)15-10-9-13-7-5-6-8-14(13)11-15/h4-12,17H,1H2,2-3H3. The molecule has 0 aliphatic heterocycles. The molecule has 0 aliphatic carbocycles. The van der Waals surface area contributed by atoms with E-state index in [0.717, 1.165) is 10.9 Å². The van der Waals surface area contributed by atoms with Crippen LogP contribution in [0.1, 0.15) is 19.4 Å². The van der Waals surface area contributed by atoms with Crippen molar-refractivity contribution in [2.45, 2.75) is 19.4 Å². The fourth-order valence-corrected chi connectivity index (χ4v) is 2.00. The van der Waals surface area contributed by atoms with Gasteiger partial charge in [-0.25, -0.2) is 0 Å². The average Bonchev–Trinajstić information content (AvgIpc) is 2.37. The van der Waals surface area contributed by atoms with Crippen LogP contribution in [-0.2, 0) is 5.60 Å². The summed E-state index contributed by atoms with van der Waals surface area (Å²) in [5.41, 5.74) is 0.0646. The Morgan fingerprint density at radius 1 is 1.18 bits per heavy atom. The first-order chi connectivity index (χ1) is 8.05. The van der Waals surface area contributed by atoms with Crippen LogP contribution in [0, 0.1) is 5.92 Å². The molecule has 0 aromatic heterocycles. The van der Waals surface area contributed by atoms with Gasteiger partial charge in [0.25, 0.3) is 0 Å². The Hall–Kier alpha value is -1.60. The molecule has 0 saturated heterocycles. The van der Waals surface area contributed by atoms with Crippen LogP contribution in [0.3, 0.4) is 0 Å². The minimum Gasteiger partial charge on any atom is -0.385 e. The van der Waals surface area contributed by atoms with Crippen LogP contribution in [0.2, 0.25) is 0 Å². The summed E-state index contributed by atoms with van der Waals surface area (Å²) in [5.74, 6) is 0.0173. The zero-order chi connectivity index (χ0) is 12.5. The molecule has 2 rings (SSSR count). The Morgan fingerprint density at radius 2 is 1.82 bits per heavy atom. The van der Waals surface area contributed by atoms with Crippen molar-refractivity contribution in [1.82, 2.24) is 0 Å². The molecule has 0 saturated carbocycles. The lowest BCUT2D eigenvalue weighted by Crippen LogP contribution is -2.28. The lowest BCUT2D eigenvalue weighted by molar-refractivity contribution is 0.0206. The van der Waals surface area contributed by atoms with Crippen LogP contribution >= 0.6 is 0 Å². The highest BCUT2D eigenvalue weighted by atomic mass is 16.3. The molecule has 0 spiro atoms. The number of aliphatic hydroxyl groups is 1. The molecule has 2 aromatic carbocycles. The number of benzene rings is 2. The maximum atomic E-state index is 10.5. The summed E-state index contributed by atoms with van der Waals surface area (Å²) in [4.78, 5) is 0. The fraction of sp³-hybridized carbons (Fsp3) is 0.250. The van der Waals surface area contributed by atoms with Crippen molar-refractivity contribution in [2.75, 3.05) is 0 Å². The normalized spacial score (nSPS) is 16.4. The van der Waals surface area contributed by atoms with E-state index in [1.807, 2.05) is 32.0 Å². The zero-order valence-electron chi connectivity index (χ0n) is 10.4. The summed E-state index contributed by atoms with van der Waals surface area (Å²) in [6.45, 7) is 7.57. The van der Waals surface area contributed by atoms with Crippen molar-refractivity contribution in [3.63, 3.8) is 0 Å². The number of fused-ring (bicyclic) bond motifs is 1. The van der Waals surface area contributed by atoms with Crippen molar-refractivity contribution in [3.8, 4) is 0 Å². The topological polar surface area (TPSA) is 20.2 Å². The molecule has 0 amide bonds. The van der Waals surface area contributed by atoms with Crippen LogP contribution < -0.4 is 0 Å². The monoisotopic (exact) mass is 226 g/mol. The van der Waals surface area contributed by atoms with Gasteiger partial charge in [-0.15, -0.1) is 6.58 Å². The summed E-state index contributed by atoms with van der Waals surface area (Å²) < 4.78 is 0. The first kappa shape index (κ1) is 11.9. The largest absolute Gasteiger partial charge is 0.385 e. The van der Waals surface area contributed by atoms with E-state index in [2.05, 4.69) is 30.8 Å². The SMILES string of the molecule is C=CC(C)C(C)(O)c1ccc2ccccc2c1. The molecular formula is C16H18O. The van der Waals surface area contributed by atoms with Crippen molar-refractivity contribution < 1.29 is 5.11 Å².